The molecule has 154 valence electrons. The van der Waals surface area contributed by atoms with E-state index >= 15 is 0 Å². The molecule has 2 aromatic heterocycles. The highest BCUT2D eigenvalue weighted by Crippen LogP contribution is 2.09. The molecule has 0 aliphatic carbocycles. The fraction of sp³-hybridized carbons (Fsp3) is 0.524. The maximum absolute atomic E-state index is 5.81. The maximum Gasteiger partial charge on any atom is 0.104 e. The van der Waals surface area contributed by atoms with Crippen LogP contribution in [0.5, 0.6) is 0 Å². The molecule has 2 aromatic rings. The van der Waals surface area contributed by atoms with Crippen LogP contribution < -0.4 is 0 Å². The van der Waals surface area contributed by atoms with Gasteiger partial charge in [-0.1, -0.05) is 12.1 Å². The largest absolute Gasteiger partial charge is 0.382 e. The minimum absolute atomic E-state index is 0.0764. The number of hydrogen-bond donors (Lipinski definition) is 0. The molecule has 0 radical (unpaired) electrons. The summed E-state index contributed by atoms with van der Waals surface area (Å²) in [5.41, 5.74) is 2.02. The zero-order chi connectivity index (χ0) is 20.0. The molecule has 0 saturated carbocycles. The number of aromatic nitrogens is 2. The highest BCUT2D eigenvalue weighted by molar-refractivity contribution is 5.06. The van der Waals surface area contributed by atoms with E-state index in [4.69, 9.17) is 18.9 Å². The third-order valence-electron chi connectivity index (χ3n) is 4.31. The minimum Gasteiger partial charge on any atom is -0.382 e. The van der Waals surface area contributed by atoms with E-state index in [2.05, 4.69) is 14.9 Å². The van der Waals surface area contributed by atoms with Gasteiger partial charge >= 0.3 is 0 Å². The molecule has 2 unspecified atom stereocenters. The summed E-state index contributed by atoms with van der Waals surface area (Å²) in [6.07, 6.45) is 3.46. The van der Waals surface area contributed by atoms with Crippen molar-refractivity contribution in [3.8, 4) is 0 Å². The second-order valence-electron chi connectivity index (χ2n) is 6.52. The average molecular weight is 389 g/mol. The van der Waals surface area contributed by atoms with Gasteiger partial charge in [0.25, 0.3) is 0 Å². The lowest BCUT2D eigenvalue weighted by Gasteiger charge is -2.27. The van der Waals surface area contributed by atoms with E-state index < -0.39 is 0 Å². The van der Waals surface area contributed by atoms with Crippen molar-refractivity contribution < 1.29 is 18.9 Å². The smallest absolute Gasteiger partial charge is 0.104 e. The second-order valence-corrected chi connectivity index (χ2v) is 6.52. The summed E-state index contributed by atoms with van der Waals surface area (Å²) in [7, 11) is 5.01. The van der Waals surface area contributed by atoms with Crippen LogP contribution >= 0.6 is 0 Å². The molecule has 0 aliphatic heterocycles. The SMILES string of the molecule is COCC(COCC(CN(Cc1ccccn1)Cc1ccccn1)OC)OC. The normalized spacial score (nSPS) is 13.6. The number of hydrogen-bond acceptors (Lipinski definition) is 7. The van der Waals surface area contributed by atoms with Crippen LogP contribution in [0.4, 0.5) is 0 Å². The number of ether oxygens (including phenoxy) is 4. The van der Waals surface area contributed by atoms with Gasteiger partial charge in [0.05, 0.1) is 37.3 Å². The summed E-state index contributed by atoms with van der Waals surface area (Å²) in [6, 6.07) is 11.9. The molecule has 0 fully saturated rings. The molecule has 0 N–H and O–H groups in total. The van der Waals surface area contributed by atoms with Gasteiger partial charge in [-0.25, -0.2) is 0 Å². The summed E-state index contributed by atoms with van der Waals surface area (Å²) >= 11 is 0. The third kappa shape index (κ3) is 8.41. The zero-order valence-corrected chi connectivity index (χ0v) is 17.0. The predicted molar refractivity (Wildman–Crippen MR) is 107 cm³/mol. The van der Waals surface area contributed by atoms with Gasteiger partial charge in [0, 0.05) is 53.4 Å². The van der Waals surface area contributed by atoms with Gasteiger partial charge in [0.1, 0.15) is 6.10 Å². The molecule has 2 atom stereocenters. The monoisotopic (exact) mass is 389 g/mol. The summed E-state index contributed by atoms with van der Waals surface area (Å²) in [5, 5.41) is 0. The van der Waals surface area contributed by atoms with Crippen LogP contribution in [-0.4, -0.2) is 74.8 Å². The topological polar surface area (TPSA) is 65.9 Å². The first kappa shape index (κ1) is 22.4. The molecule has 0 aliphatic rings. The van der Waals surface area contributed by atoms with E-state index in [1.165, 1.54) is 0 Å². The van der Waals surface area contributed by atoms with Crippen molar-refractivity contribution in [2.75, 3.05) is 47.7 Å². The van der Waals surface area contributed by atoms with Gasteiger partial charge in [-0.15, -0.1) is 0 Å². The van der Waals surface area contributed by atoms with E-state index in [9.17, 15) is 0 Å². The minimum atomic E-state index is -0.0827. The summed E-state index contributed by atoms with van der Waals surface area (Å²) < 4.78 is 21.9. The molecule has 0 spiro atoms. The van der Waals surface area contributed by atoms with Crippen molar-refractivity contribution in [2.24, 2.45) is 0 Å². The first-order chi connectivity index (χ1) is 13.7. The van der Waals surface area contributed by atoms with Crippen molar-refractivity contribution in [1.82, 2.24) is 14.9 Å². The molecule has 7 heteroatoms. The van der Waals surface area contributed by atoms with E-state index in [1.807, 2.05) is 48.8 Å². The number of methoxy groups -OCH3 is 3. The summed E-state index contributed by atoms with van der Waals surface area (Å²) in [6.45, 7) is 3.56. The standard InChI is InChI=1S/C21H31N3O4/c1-25-15-21(27-3)17-28-16-20(26-2)14-24(12-18-8-4-6-10-22-18)13-19-9-5-7-11-23-19/h4-11,20-21H,12-17H2,1-3H3. The van der Waals surface area contributed by atoms with E-state index in [-0.39, 0.29) is 12.2 Å². The van der Waals surface area contributed by atoms with Crippen molar-refractivity contribution in [3.05, 3.63) is 60.2 Å². The zero-order valence-electron chi connectivity index (χ0n) is 17.0. The molecule has 28 heavy (non-hydrogen) atoms. The Morgan fingerprint density at radius 3 is 1.82 bits per heavy atom. The Balaban J connectivity index is 1.94. The van der Waals surface area contributed by atoms with E-state index in [0.717, 1.165) is 11.4 Å². The lowest BCUT2D eigenvalue weighted by Crippen LogP contribution is -2.37. The molecular formula is C21H31N3O4. The van der Waals surface area contributed by atoms with Gasteiger partial charge in [0.2, 0.25) is 0 Å². The molecular weight excluding hydrogens is 358 g/mol. The van der Waals surface area contributed by atoms with Gasteiger partial charge in [-0.2, -0.15) is 0 Å². The van der Waals surface area contributed by atoms with Crippen molar-refractivity contribution >= 4 is 0 Å². The Kier molecular flexibility index (Phi) is 10.6. The van der Waals surface area contributed by atoms with Gasteiger partial charge < -0.3 is 18.9 Å². The van der Waals surface area contributed by atoms with Crippen molar-refractivity contribution in [3.63, 3.8) is 0 Å². The highest BCUT2D eigenvalue weighted by Gasteiger charge is 2.17. The van der Waals surface area contributed by atoms with Crippen LogP contribution in [-0.2, 0) is 32.0 Å². The summed E-state index contributed by atoms with van der Waals surface area (Å²) in [5.74, 6) is 0. The van der Waals surface area contributed by atoms with Gasteiger partial charge in [-0.3, -0.25) is 14.9 Å². The lowest BCUT2D eigenvalue weighted by atomic mass is 10.2. The fourth-order valence-electron chi connectivity index (χ4n) is 2.81. The lowest BCUT2D eigenvalue weighted by molar-refractivity contribution is -0.0619. The number of pyridine rings is 2. The van der Waals surface area contributed by atoms with Gasteiger partial charge in [0.15, 0.2) is 0 Å². The Morgan fingerprint density at radius 1 is 0.786 bits per heavy atom. The first-order valence-corrected chi connectivity index (χ1v) is 9.39. The Hall–Kier alpha value is -1.90. The van der Waals surface area contributed by atoms with Crippen LogP contribution in [0.1, 0.15) is 11.4 Å². The number of nitrogens with zero attached hydrogens (tertiary/aromatic N) is 3. The van der Waals surface area contributed by atoms with Crippen molar-refractivity contribution in [2.45, 2.75) is 25.3 Å². The predicted octanol–water partition coefficient (Wildman–Crippen LogP) is 2.17. The molecule has 0 bridgehead atoms. The van der Waals surface area contributed by atoms with Crippen molar-refractivity contribution in [1.29, 1.82) is 0 Å². The van der Waals surface area contributed by atoms with E-state index in [1.54, 1.807) is 21.3 Å². The number of rotatable bonds is 14. The van der Waals surface area contributed by atoms with Crippen LogP contribution in [0.2, 0.25) is 0 Å². The molecule has 2 heterocycles. The molecule has 2 rings (SSSR count). The second kappa shape index (κ2) is 13.3. The van der Waals surface area contributed by atoms with E-state index in [0.29, 0.717) is 39.5 Å². The summed E-state index contributed by atoms with van der Waals surface area (Å²) in [4.78, 5) is 11.2. The molecule has 0 amide bonds. The highest BCUT2D eigenvalue weighted by atomic mass is 16.6. The van der Waals surface area contributed by atoms with Crippen LogP contribution in [0.25, 0.3) is 0 Å². The Labute approximate surface area is 167 Å². The molecule has 0 saturated heterocycles. The fourth-order valence-corrected chi connectivity index (χ4v) is 2.81. The maximum atomic E-state index is 5.81. The average Bonchev–Trinajstić information content (AvgIpc) is 2.73. The third-order valence-corrected chi connectivity index (χ3v) is 4.31. The van der Waals surface area contributed by atoms with Crippen LogP contribution in [0.15, 0.2) is 48.8 Å². The molecule has 0 aromatic carbocycles. The van der Waals surface area contributed by atoms with Crippen LogP contribution in [0.3, 0.4) is 0 Å². The van der Waals surface area contributed by atoms with Gasteiger partial charge in [-0.05, 0) is 24.3 Å². The van der Waals surface area contributed by atoms with Crippen LogP contribution in [0, 0.1) is 0 Å². The first-order valence-electron chi connectivity index (χ1n) is 9.39. The Bertz CT molecular complexity index is 589. The Morgan fingerprint density at radius 2 is 1.36 bits per heavy atom. The molecule has 7 nitrogen and oxygen atoms in total. The quantitative estimate of drug-likeness (QED) is 0.491.